The standard InChI is InChI=1S/C20H20ClN3O5S/c1-3-30(27,28)15-5-7-19(25)18(11-15)22-20(26)17-8-9-24(23-17)12-29-14-4-6-16(21)13(2)10-14/h4-11,25H,3,12H2,1-2H3,(H,22,26). The first-order valence-electron chi connectivity index (χ1n) is 8.99. The van der Waals surface area contributed by atoms with Crippen LogP contribution < -0.4 is 10.1 Å². The quantitative estimate of drug-likeness (QED) is 0.533. The molecule has 1 heterocycles. The van der Waals surface area contributed by atoms with Crippen LogP contribution in [0.3, 0.4) is 0 Å². The molecule has 0 saturated heterocycles. The lowest BCUT2D eigenvalue weighted by molar-refractivity contribution is 0.101. The molecule has 1 amide bonds. The number of nitrogens with zero attached hydrogens (tertiary/aromatic N) is 2. The topological polar surface area (TPSA) is 111 Å². The van der Waals surface area contributed by atoms with Gasteiger partial charge in [-0.15, -0.1) is 0 Å². The second-order valence-corrected chi connectivity index (χ2v) is 9.15. The minimum atomic E-state index is -3.48. The minimum Gasteiger partial charge on any atom is -0.506 e. The molecule has 10 heteroatoms. The summed E-state index contributed by atoms with van der Waals surface area (Å²) in [5.74, 6) is -0.336. The summed E-state index contributed by atoms with van der Waals surface area (Å²) in [4.78, 5) is 12.5. The lowest BCUT2D eigenvalue weighted by Gasteiger charge is -2.09. The van der Waals surface area contributed by atoms with Gasteiger partial charge < -0.3 is 15.2 Å². The average molecular weight is 450 g/mol. The fourth-order valence-electron chi connectivity index (χ4n) is 2.56. The SMILES string of the molecule is CCS(=O)(=O)c1ccc(O)c(NC(=O)c2ccn(COc3ccc(Cl)c(C)c3)n2)c1. The first-order valence-corrected chi connectivity index (χ1v) is 11.0. The van der Waals surface area contributed by atoms with Gasteiger partial charge in [0.1, 0.15) is 11.5 Å². The Morgan fingerprint density at radius 1 is 1.23 bits per heavy atom. The first kappa shape index (κ1) is 21.7. The molecule has 0 aliphatic rings. The van der Waals surface area contributed by atoms with Crippen molar-refractivity contribution in [2.24, 2.45) is 0 Å². The van der Waals surface area contributed by atoms with Gasteiger partial charge in [-0.1, -0.05) is 18.5 Å². The minimum absolute atomic E-state index is 0.00953. The van der Waals surface area contributed by atoms with Crippen molar-refractivity contribution >= 4 is 33.0 Å². The van der Waals surface area contributed by atoms with Crippen LogP contribution in [0.1, 0.15) is 23.0 Å². The molecule has 0 unspecified atom stereocenters. The lowest BCUT2D eigenvalue weighted by Crippen LogP contribution is -2.15. The molecule has 2 aromatic carbocycles. The van der Waals surface area contributed by atoms with E-state index in [1.807, 2.05) is 6.92 Å². The third-order valence-corrected chi connectivity index (χ3v) is 6.48. The van der Waals surface area contributed by atoms with E-state index in [9.17, 15) is 18.3 Å². The molecule has 0 atom stereocenters. The van der Waals surface area contributed by atoms with Crippen LogP contribution in [-0.2, 0) is 16.6 Å². The number of anilines is 1. The molecule has 8 nitrogen and oxygen atoms in total. The van der Waals surface area contributed by atoms with Gasteiger partial charge in [-0.3, -0.25) is 4.79 Å². The predicted molar refractivity (Wildman–Crippen MR) is 113 cm³/mol. The molecule has 0 fully saturated rings. The third-order valence-electron chi connectivity index (χ3n) is 4.32. The number of benzene rings is 2. The average Bonchev–Trinajstić information content (AvgIpc) is 3.19. The molecule has 0 spiro atoms. The van der Waals surface area contributed by atoms with Gasteiger partial charge in [-0.25, -0.2) is 13.1 Å². The molecule has 2 N–H and O–H groups in total. The highest BCUT2D eigenvalue weighted by molar-refractivity contribution is 7.91. The molecule has 0 bridgehead atoms. The Morgan fingerprint density at radius 2 is 2.00 bits per heavy atom. The number of sulfone groups is 1. The summed E-state index contributed by atoms with van der Waals surface area (Å²) in [6, 6.07) is 10.5. The Bertz CT molecular complexity index is 1190. The normalized spacial score (nSPS) is 11.3. The number of carbonyl (C=O) groups is 1. The van der Waals surface area contributed by atoms with Crippen LogP contribution in [-0.4, -0.2) is 35.0 Å². The summed E-state index contributed by atoms with van der Waals surface area (Å²) in [5, 5.41) is 17.2. The molecule has 3 aromatic rings. The van der Waals surface area contributed by atoms with Crippen molar-refractivity contribution in [1.29, 1.82) is 0 Å². The fourth-order valence-corrected chi connectivity index (χ4v) is 3.59. The van der Waals surface area contributed by atoms with Gasteiger partial charge in [0.05, 0.1) is 16.3 Å². The summed E-state index contributed by atoms with van der Waals surface area (Å²) < 4.78 is 31.1. The monoisotopic (exact) mass is 449 g/mol. The summed E-state index contributed by atoms with van der Waals surface area (Å²) in [6.45, 7) is 3.45. The molecule has 3 rings (SSSR count). The summed E-state index contributed by atoms with van der Waals surface area (Å²) in [7, 11) is -3.48. The van der Waals surface area contributed by atoms with Gasteiger partial charge in [0.15, 0.2) is 22.3 Å². The number of hydrogen-bond donors (Lipinski definition) is 2. The number of aromatic nitrogens is 2. The number of aryl methyl sites for hydroxylation is 1. The third kappa shape index (κ3) is 4.92. The number of nitrogens with one attached hydrogen (secondary N) is 1. The highest BCUT2D eigenvalue weighted by Crippen LogP contribution is 2.27. The Morgan fingerprint density at radius 3 is 2.70 bits per heavy atom. The van der Waals surface area contributed by atoms with Gasteiger partial charge in [-0.05, 0) is 55.0 Å². The number of amides is 1. The van der Waals surface area contributed by atoms with Gasteiger partial charge in [0.2, 0.25) is 0 Å². The van der Waals surface area contributed by atoms with Crippen LogP contribution in [0, 0.1) is 6.92 Å². The molecule has 0 aliphatic heterocycles. The van der Waals surface area contributed by atoms with Crippen LogP contribution in [0.5, 0.6) is 11.5 Å². The summed E-state index contributed by atoms with van der Waals surface area (Å²) >= 11 is 5.99. The highest BCUT2D eigenvalue weighted by atomic mass is 35.5. The van der Waals surface area contributed by atoms with Gasteiger partial charge >= 0.3 is 0 Å². The van der Waals surface area contributed by atoms with Crippen molar-refractivity contribution in [3.8, 4) is 11.5 Å². The van der Waals surface area contributed by atoms with Gasteiger partial charge in [0, 0.05) is 11.2 Å². The number of halogens is 1. The van der Waals surface area contributed by atoms with Crippen molar-refractivity contribution in [1.82, 2.24) is 9.78 Å². The molecule has 158 valence electrons. The van der Waals surface area contributed by atoms with Crippen molar-refractivity contribution in [2.45, 2.75) is 25.5 Å². The van der Waals surface area contributed by atoms with E-state index in [-0.39, 0.29) is 34.5 Å². The smallest absolute Gasteiger partial charge is 0.276 e. The molecular weight excluding hydrogens is 430 g/mol. The molecule has 0 radical (unpaired) electrons. The number of hydrogen-bond acceptors (Lipinski definition) is 6. The Labute approximate surface area is 179 Å². The maximum atomic E-state index is 12.5. The number of aromatic hydroxyl groups is 1. The summed E-state index contributed by atoms with van der Waals surface area (Å²) in [6.07, 6.45) is 1.56. The van der Waals surface area contributed by atoms with Crippen LogP contribution in [0.4, 0.5) is 5.69 Å². The molecule has 1 aromatic heterocycles. The maximum Gasteiger partial charge on any atom is 0.276 e. The van der Waals surface area contributed by atoms with Crippen molar-refractivity contribution in [3.63, 3.8) is 0 Å². The number of rotatable bonds is 7. The van der Waals surface area contributed by atoms with E-state index < -0.39 is 15.7 Å². The maximum absolute atomic E-state index is 12.5. The molecule has 0 aliphatic carbocycles. The Balaban J connectivity index is 1.69. The van der Waals surface area contributed by atoms with Crippen molar-refractivity contribution in [2.75, 3.05) is 11.1 Å². The van der Waals surface area contributed by atoms with E-state index in [0.29, 0.717) is 10.8 Å². The fraction of sp³-hybridized carbons (Fsp3) is 0.200. The number of carbonyl (C=O) groups excluding carboxylic acids is 1. The van der Waals surface area contributed by atoms with E-state index in [1.54, 1.807) is 24.4 Å². The molecule has 30 heavy (non-hydrogen) atoms. The Kier molecular flexibility index (Phi) is 6.33. The number of phenolic OH excluding ortho intramolecular Hbond substituents is 1. The highest BCUT2D eigenvalue weighted by Gasteiger charge is 2.17. The van der Waals surface area contributed by atoms with E-state index in [2.05, 4.69) is 10.4 Å². The number of phenols is 1. The van der Waals surface area contributed by atoms with Crippen LogP contribution >= 0.6 is 11.6 Å². The van der Waals surface area contributed by atoms with Gasteiger partial charge in [-0.2, -0.15) is 5.10 Å². The zero-order valence-electron chi connectivity index (χ0n) is 16.3. The largest absolute Gasteiger partial charge is 0.506 e. The van der Waals surface area contributed by atoms with Crippen LogP contribution in [0.15, 0.2) is 53.6 Å². The van der Waals surface area contributed by atoms with E-state index in [1.165, 1.54) is 35.9 Å². The van der Waals surface area contributed by atoms with Gasteiger partial charge in [0.25, 0.3) is 5.91 Å². The van der Waals surface area contributed by atoms with E-state index in [4.69, 9.17) is 16.3 Å². The number of ether oxygens (including phenoxy) is 1. The van der Waals surface area contributed by atoms with Crippen LogP contribution in [0.2, 0.25) is 5.02 Å². The zero-order valence-corrected chi connectivity index (χ0v) is 17.9. The summed E-state index contributed by atoms with van der Waals surface area (Å²) in [5.41, 5.74) is 0.938. The molecule has 0 saturated carbocycles. The molecular formula is C20H20ClN3O5S. The van der Waals surface area contributed by atoms with E-state index >= 15 is 0 Å². The lowest BCUT2D eigenvalue weighted by atomic mass is 10.2. The first-order chi connectivity index (χ1) is 14.2. The predicted octanol–water partition coefficient (Wildman–Crippen LogP) is 3.63. The zero-order chi connectivity index (χ0) is 21.9. The Hall–Kier alpha value is -3.04. The van der Waals surface area contributed by atoms with Crippen molar-refractivity contribution in [3.05, 3.63) is 64.9 Å². The van der Waals surface area contributed by atoms with Crippen LogP contribution in [0.25, 0.3) is 0 Å². The van der Waals surface area contributed by atoms with Crippen molar-refractivity contribution < 1.29 is 23.1 Å². The second-order valence-electron chi connectivity index (χ2n) is 6.46. The second kappa shape index (κ2) is 8.76. The van der Waals surface area contributed by atoms with E-state index in [0.717, 1.165) is 5.56 Å².